The maximum absolute atomic E-state index is 11.5. The molecule has 0 radical (unpaired) electrons. The number of fused-ring (bicyclic) bond motifs is 3. The van der Waals surface area contributed by atoms with E-state index in [2.05, 4.69) is 15.1 Å². The van der Waals surface area contributed by atoms with Crippen LogP contribution in [0.4, 0.5) is 5.69 Å². The Morgan fingerprint density at radius 1 is 1.50 bits per heavy atom. The summed E-state index contributed by atoms with van der Waals surface area (Å²) in [4.78, 5) is 18.5. The van der Waals surface area contributed by atoms with Gasteiger partial charge in [-0.25, -0.2) is 0 Å². The molecule has 70 valence electrons. The standard InChI is InChI=1S/C9H7N3O2/c13-9-8-5(4-14-12-8)7-6(11-9)2-1-3-10-7/h3-4H,1-2H2,(H,11,13). The molecule has 1 aliphatic heterocycles. The minimum absolute atomic E-state index is 0.204. The maximum atomic E-state index is 11.5. The van der Waals surface area contributed by atoms with E-state index in [1.807, 2.05) is 6.21 Å². The van der Waals surface area contributed by atoms with Crippen LogP contribution in [0.2, 0.25) is 0 Å². The van der Waals surface area contributed by atoms with E-state index >= 15 is 0 Å². The summed E-state index contributed by atoms with van der Waals surface area (Å²) in [6.07, 6.45) is 4.98. The molecule has 0 amide bonds. The second-order valence-corrected chi connectivity index (χ2v) is 3.21. The first kappa shape index (κ1) is 7.49. The smallest absolute Gasteiger partial charge is 0.278 e. The van der Waals surface area contributed by atoms with Crippen molar-refractivity contribution in [1.29, 1.82) is 0 Å². The van der Waals surface area contributed by atoms with E-state index in [4.69, 9.17) is 4.52 Å². The molecule has 2 aromatic rings. The van der Waals surface area contributed by atoms with E-state index < -0.39 is 0 Å². The maximum Gasteiger partial charge on any atom is 0.278 e. The molecule has 0 aliphatic carbocycles. The van der Waals surface area contributed by atoms with Crippen molar-refractivity contribution in [2.24, 2.45) is 4.99 Å². The lowest BCUT2D eigenvalue weighted by molar-refractivity contribution is 0.428. The number of aromatic nitrogens is 2. The summed E-state index contributed by atoms with van der Waals surface area (Å²) in [5.74, 6) is 0. The van der Waals surface area contributed by atoms with Crippen molar-refractivity contribution < 1.29 is 4.52 Å². The molecular weight excluding hydrogens is 182 g/mol. The first-order valence-electron chi connectivity index (χ1n) is 4.38. The monoisotopic (exact) mass is 189 g/mol. The molecule has 0 spiro atoms. The number of nitrogens with one attached hydrogen (secondary N) is 1. The topological polar surface area (TPSA) is 71.2 Å². The van der Waals surface area contributed by atoms with Gasteiger partial charge < -0.3 is 9.51 Å². The number of hydrogen-bond acceptors (Lipinski definition) is 4. The lowest BCUT2D eigenvalue weighted by Crippen LogP contribution is -2.11. The Morgan fingerprint density at radius 2 is 2.43 bits per heavy atom. The highest BCUT2D eigenvalue weighted by Crippen LogP contribution is 2.28. The molecule has 0 aromatic carbocycles. The minimum Gasteiger partial charge on any atom is -0.363 e. The van der Waals surface area contributed by atoms with Gasteiger partial charge in [0.2, 0.25) is 0 Å². The van der Waals surface area contributed by atoms with Crippen LogP contribution in [0.1, 0.15) is 12.1 Å². The molecule has 3 heterocycles. The first-order chi connectivity index (χ1) is 6.86. The van der Waals surface area contributed by atoms with Gasteiger partial charge in [-0.3, -0.25) is 9.79 Å². The summed E-state index contributed by atoms with van der Waals surface area (Å²) in [7, 11) is 0. The number of aromatic amines is 1. The van der Waals surface area contributed by atoms with Gasteiger partial charge in [0.05, 0.1) is 11.1 Å². The second kappa shape index (κ2) is 2.54. The Bertz CT molecular complexity index is 579. The van der Waals surface area contributed by atoms with Crippen molar-refractivity contribution in [3.8, 4) is 0 Å². The van der Waals surface area contributed by atoms with Crippen LogP contribution in [0, 0.1) is 0 Å². The number of H-pyrrole nitrogens is 1. The third-order valence-electron chi connectivity index (χ3n) is 2.33. The van der Waals surface area contributed by atoms with E-state index in [-0.39, 0.29) is 5.56 Å². The minimum atomic E-state index is -0.204. The van der Waals surface area contributed by atoms with Crippen molar-refractivity contribution in [3.05, 3.63) is 22.3 Å². The molecule has 5 heteroatoms. The van der Waals surface area contributed by atoms with Gasteiger partial charge in [0.25, 0.3) is 5.56 Å². The molecule has 0 saturated heterocycles. The summed E-state index contributed by atoms with van der Waals surface area (Å²) >= 11 is 0. The fourth-order valence-electron chi connectivity index (χ4n) is 1.68. The molecule has 3 rings (SSSR count). The van der Waals surface area contributed by atoms with Crippen molar-refractivity contribution in [1.82, 2.24) is 10.1 Å². The normalized spacial score (nSPS) is 14.6. The average Bonchev–Trinajstić information content (AvgIpc) is 2.67. The lowest BCUT2D eigenvalue weighted by Gasteiger charge is -2.08. The van der Waals surface area contributed by atoms with Crippen molar-refractivity contribution in [2.45, 2.75) is 12.8 Å². The molecule has 0 fully saturated rings. The molecule has 0 bridgehead atoms. The van der Waals surface area contributed by atoms with Gasteiger partial charge >= 0.3 is 0 Å². The number of rotatable bonds is 0. The highest BCUT2D eigenvalue weighted by Gasteiger charge is 2.15. The van der Waals surface area contributed by atoms with Crippen molar-refractivity contribution in [3.63, 3.8) is 0 Å². The van der Waals surface area contributed by atoms with E-state index in [0.29, 0.717) is 10.9 Å². The van der Waals surface area contributed by atoms with Gasteiger partial charge in [0, 0.05) is 11.9 Å². The molecule has 1 N–H and O–H groups in total. The third kappa shape index (κ3) is 0.863. The molecular formula is C9H7N3O2. The zero-order valence-corrected chi connectivity index (χ0v) is 7.28. The average molecular weight is 189 g/mol. The SMILES string of the molecule is O=c1[nH]c2c(c3conc13)N=CCC2. The Balaban J connectivity index is 2.52. The van der Waals surface area contributed by atoms with Crippen LogP contribution in [-0.2, 0) is 6.42 Å². The van der Waals surface area contributed by atoms with Gasteiger partial charge in [-0.15, -0.1) is 0 Å². The number of pyridine rings is 1. The zero-order valence-electron chi connectivity index (χ0n) is 7.28. The van der Waals surface area contributed by atoms with E-state index in [9.17, 15) is 4.79 Å². The van der Waals surface area contributed by atoms with Crippen LogP contribution in [-0.4, -0.2) is 16.4 Å². The van der Waals surface area contributed by atoms with Gasteiger partial charge in [0.15, 0.2) is 5.52 Å². The summed E-state index contributed by atoms with van der Waals surface area (Å²) in [6.45, 7) is 0. The van der Waals surface area contributed by atoms with Crippen LogP contribution in [0.15, 0.2) is 20.6 Å². The predicted octanol–water partition coefficient (Wildman–Crippen LogP) is 1.16. The van der Waals surface area contributed by atoms with E-state index in [0.717, 1.165) is 24.2 Å². The summed E-state index contributed by atoms with van der Waals surface area (Å²) in [5.41, 5.74) is 1.77. The quantitative estimate of drug-likeness (QED) is 0.676. The van der Waals surface area contributed by atoms with Crippen LogP contribution < -0.4 is 5.56 Å². The van der Waals surface area contributed by atoms with Crippen molar-refractivity contribution >= 4 is 22.8 Å². The number of hydrogen-bond donors (Lipinski definition) is 1. The highest BCUT2D eigenvalue weighted by molar-refractivity contribution is 5.91. The van der Waals surface area contributed by atoms with E-state index in [1.165, 1.54) is 6.26 Å². The Hall–Kier alpha value is -1.91. The third-order valence-corrected chi connectivity index (χ3v) is 2.33. The lowest BCUT2D eigenvalue weighted by atomic mass is 10.1. The molecule has 14 heavy (non-hydrogen) atoms. The van der Waals surface area contributed by atoms with Gasteiger partial charge in [-0.1, -0.05) is 5.16 Å². The molecule has 0 atom stereocenters. The Labute approximate surface area is 78.4 Å². The summed E-state index contributed by atoms with van der Waals surface area (Å²) in [6, 6.07) is 0. The van der Waals surface area contributed by atoms with E-state index in [1.54, 1.807) is 0 Å². The van der Waals surface area contributed by atoms with Crippen LogP contribution in [0.5, 0.6) is 0 Å². The molecule has 2 aromatic heterocycles. The summed E-state index contributed by atoms with van der Waals surface area (Å²) in [5, 5.41) is 4.33. The van der Waals surface area contributed by atoms with Gasteiger partial charge in [-0.05, 0) is 12.8 Å². The molecule has 0 saturated carbocycles. The van der Waals surface area contributed by atoms with Crippen LogP contribution >= 0.6 is 0 Å². The van der Waals surface area contributed by atoms with Crippen molar-refractivity contribution in [2.75, 3.05) is 0 Å². The second-order valence-electron chi connectivity index (χ2n) is 3.21. The van der Waals surface area contributed by atoms with Gasteiger partial charge in [-0.2, -0.15) is 0 Å². The molecule has 5 nitrogen and oxygen atoms in total. The number of aryl methyl sites for hydroxylation is 1. The fraction of sp³-hybridized carbons (Fsp3) is 0.222. The Kier molecular flexibility index (Phi) is 1.36. The Morgan fingerprint density at radius 3 is 3.36 bits per heavy atom. The molecule has 1 aliphatic rings. The number of nitrogens with zero attached hydrogens (tertiary/aromatic N) is 2. The highest BCUT2D eigenvalue weighted by atomic mass is 16.5. The first-order valence-corrected chi connectivity index (χ1v) is 4.38. The largest absolute Gasteiger partial charge is 0.363 e. The molecule has 0 unspecified atom stereocenters. The predicted molar refractivity (Wildman–Crippen MR) is 51.1 cm³/mol. The summed E-state index contributed by atoms with van der Waals surface area (Å²) < 4.78 is 4.77. The van der Waals surface area contributed by atoms with Crippen LogP contribution in [0.3, 0.4) is 0 Å². The number of aliphatic imine (C=N–C) groups is 1. The fourth-order valence-corrected chi connectivity index (χ4v) is 1.68. The van der Waals surface area contributed by atoms with Gasteiger partial charge in [0.1, 0.15) is 6.26 Å². The zero-order chi connectivity index (χ0) is 9.54. The van der Waals surface area contributed by atoms with Crippen LogP contribution in [0.25, 0.3) is 10.9 Å².